The molecule has 1 N–H and O–H groups in total. The fraction of sp³-hybridized carbons (Fsp3) is 0.235. The van der Waals surface area contributed by atoms with Crippen LogP contribution in [0.1, 0.15) is 24.1 Å². The lowest BCUT2D eigenvalue weighted by molar-refractivity contribution is -0.144. The summed E-state index contributed by atoms with van der Waals surface area (Å²) in [4.78, 5) is 12.2. The lowest BCUT2D eigenvalue weighted by atomic mass is 10.0. The standard InChI is InChI=1S/C17H18FNO2/c1-3-21-17(20)16(13-6-4-5-12(2)11-13)19-15-9-7-14(18)8-10-15/h4-11,16,19H,3H2,1-2H3. The van der Waals surface area contributed by atoms with Crippen molar-refractivity contribution in [1.82, 2.24) is 0 Å². The molecule has 3 nitrogen and oxygen atoms in total. The van der Waals surface area contributed by atoms with E-state index in [1.54, 1.807) is 19.1 Å². The van der Waals surface area contributed by atoms with Crippen molar-refractivity contribution in [1.29, 1.82) is 0 Å². The van der Waals surface area contributed by atoms with Gasteiger partial charge in [0.25, 0.3) is 0 Å². The molecule has 0 aliphatic rings. The zero-order chi connectivity index (χ0) is 15.2. The maximum absolute atomic E-state index is 13.0. The van der Waals surface area contributed by atoms with E-state index in [1.807, 2.05) is 31.2 Å². The maximum Gasteiger partial charge on any atom is 0.333 e. The quantitative estimate of drug-likeness (QED) is 0.849. The zero-order valence-corrected chi connectivity index (χ0v) is 12.1. The van der Waals surface area contributed by atoms with E-state index in [0.29, 0.717) is 12.3 Å². The van der Waals surface area contributed by atoms with Crippen molar-refractivity contribution in [2.24, 2.45) is 0 Å². The fourth-order valence-electron chi connectivity index (χ4n) is 2.07. The topological polar surface area (TPSA) is 38.3 Å². The van der Waals surface area contributed by atoms with Gasteiger partial charge in [-0.05, 0) is 43.7 Å². The molecule has 2 aromatic carbocycles. The van der Waals surface area contributed by atoms with Crippen LogP contribution in [-0.2, 0) is 9.53 Å². The Morgan fingerprint density at radius 2 is 1.95 bits per heavy atom. The van der Waals surface area contributed by atoms with Crippen LogP contribution in [0.4, 0.5) is 10.1 Å². The maximum atomic E-state index is 13.0. The molecular formula is C17H18FNO2. The van der Waals surface area contributed by atoms with Crippen LogP contribution in [0.15, 0.2) is 48.5 Å². The average Bonchev–Trinajstić information content (AvgIpc) is 2.47. The Morgan fingerprint density at radius 3 is 2.57 bits per heavy atom. The van der Waals surface area contributed by atoms with Gasteiger partial charge in [0.15, 0.2) is 6.04 Å². The summed E-state index contributed by atoms with van der Waals surface area (Å²) in [6, 6.07) is 12.9. The van der Waals surface area contributed by atoms with Gasteiger partial charge in [-0.1, -0.05) is 29.8 Å². The van der Waals surface area contributed by atoms with Crippen LogP contribution < -0.4 is 5.32 Å². The number of esters is 1. The number of carbonyl (C=O) groups excluding carboxylic acids is 1. The number of ether oxygens (including phenoxy) is 1. The molecule has 0 aromatic heterocycles. The van der Waals surface area contributed by atoms with E-state index in [4.69, 9.17) is 4.74 Å². The molecular weight excluding hydrogens is 269 g/mol. The van der Waals surface area contributed by atoms with Crippen LogP contribution in [0.25, 0.3) is 0 Å². The smallest absolute Gasteiger partial charge is 0.333 e. The van der Waals surface area contributed by atoms with E-state index < -0.39 is 6.04 Å². The highest BCUT2D eigenvalue weighted by atomic mass is 19.1. The van der Waals surface area contributed by atoms with Gasteiger partial charge in [-0.2, -0.15) is 0 Å². The van der Waals surface area contributed by atoms with Gasteiger partial charge in [0, 0.05) is 5.69 Å². The number of anilines is 1. The van der Waals surface area contributed by atoms with E-state index in [0.717, 1.165) is 11.1 Å². The molecule has 2 aromatic rings. The summed E-state index contributed by atoms with van der Waals surface area (Å²) < 4.78 is 18.1. The first-order chi connectivity index (χ1) is 10.1. The van der Waals surface area contributed by atoms with Crippen molar-refractivity contribution in [3.8, 4) is 0 Å². The third-order valence-electron chi connectivity index (χ3n) is 3.05. The fourth-order valence-corrected chi connectivity index (χ4v) is 2.07. The molecule has 0 saturated heterocycles. The Bertz CT molecular complexity index is 610. The normalized spacial score (nSPS) is 11.8. The number of aryl methyl sites for hydroxylation is 1. The summed E-state index contributed by atoms with van der Waals surface area (Å²) in [6.45, 7) is 4.04. The predicted molar refractivity (Wildman–Crippen MR) is 80.6 cm³/mol. The van der Waals surface area contributed by atoms with Crippen molar-refractivity contribution >= 4 is 11.7 Å². The van der Waals surface area contributed by atoms with Crippen LogP contribution in [0, 0.1) is 12.7 Å². The van der Waals surface area contributed by atoms with Crippen LogP contribution in [0.2, 0.25) is 0 Å². The van der Waals surface area contributed by atoms with Gasteiger partial charge in [0.2, 0.25) is 0 Å². The molecule has 0 spiro atoms. The highest BCUT2D eigenvalue weighted by molar-refractivity contribution is 5.81. The van der Waals surface area contributed by atoms with Gasteiger partial charge in [-0.3, -0.25) is 0 Å². The number of carbonyl (C=O) groups is 1. The van der Waals surface area contributed by atoms with E-state index in [-0.39, 0.29) is 11.8 Å². The molecule has 0 bridgehead atoms. The van der Waals surface area contributed by atoms with Crippen LogP contribution in [0.5, 0.6) is 0 Å². The largest absolute Gasteiger partial charge is 0.464 e. The first kappa shape index (κ1) is 15.0. The Labute approximate surface area is 123 Å². The van der Waals surface area contributed by atoms with Gasteiger partial charge in [-0.25, -0.2) is 9.18 Å². The molecule has 110 valence electrons. The SMILES string of the molecule is CCOC(=O)C(Nc1ccc(F)cc1)c1cccc(C)c1. The Morgan fingerprint density at radius 1 is 1.24 bits per heavy atom. The highest BCUT2D eigenvalue weighted by Crippen LogP contribution is 2.22. The van der Waals surface area contributed by atoms with E-state index >= 15 is 0 Å². The molecule has 0 aliphatic carbocycles. The van der Waals surface area contributed by atoms with E-state index in [1.165, 1.54) is 12.1 Å². The summed E-state index contributed by atoms with van der Waals surface area (Å²) in [5.41, 5.74) is 2.54. The lowest BCUT2D eigenvalue weighted by Crippen LogP contribution is -2.23. The first-order valence-corrected chi connectivity index (χ1v) is 6.85. The minimum atomic E-state index is -0.615. The molecule has 2 rings (SSSR count). The number of hydrogen-bond donors (Lipinski definition) is 1. The van der Waals surface area contributed by atoms with Crippen molar-refractivity contribution in [2.45, 2.75) is 19.9 Å². The van der Waals surface area contributed by atoms with Gasteiger partial charge < -0.3 is 10.1 Å². The molecule has 1 atom stereocenters. The molecule has 0 radical (unpaired) electrons. The van der Waals surface area contributed by atoms with Gasteiger partial charge in [0.05, 0.1) is 6.61 Å². The molecule has 0 fully saturated rings. The van der Waals surface area contributed by atoms with Gasteiger partial charge in [-0.15, -0.1) is 0 Å². The minimum absolute atomic E-state index is 0.312. The molecule has 0 aliphatic heterocycles. The van der Waals surface area contributed by atoms with Crippen molar-refractivity contribution in [2.75, 3.05) is 11.9 Å². The number of nitrogens with one attached hydrogen (secondary N) is 1. The number of benzene rings is 2. The number of rotatable bonds is 5. The second-order valence-corrected chi connectivity index (χ2v) is 4.75. The van der Waals surface area contributed by atoms with Crippen LogP contribution >= 0.6 is 0 Å². The summed E-state index contributed by atoms with van der Waals surface area (Å²) >= 11 is 0. The third-order valence-corrected chi connectivity index (χ3v) is 3.05. The van der Waals surface area contributed by atoms with E-state index in [2.05, 4.69) is 5.32 Å². The number of hydrogen-bond acceptors (Lipinski definition) is 3. The van der Waals surface area contributed by atoms with E-state index in [9.17, 15) is 9.18 Å². The van der Waals surface area contributed by atoms with Crippen LogP contribution in [0.3, 0.4) is 0 Å². The summed E-state index contributed by atoms with van der Waals surface area (Å²) in [6.07, 6.45) is 0. The predicted octanol–water partition coefficient (Wildman–Crippen LogP) is 3.85. The molecule has 0 saturated carbocycles. The Balaban J connectivity index is 2.27. The molecule has 1 unspecified atom stereocenters. The second kappa shape index (κ2) is 6.88. The minimum Gasteiger partial charge on any atom is -0.464 e. The molecule has 0 heterocycles. The summed E-state index contributed by atoms with van der Waals surface area (Å²) in [7, 11) is 0. The van der Waals surface area contributed by atoms with Crippen molar-refractivity contribution < 1.29 is 13.9 Å². The lowest BCUT2D eigenvalue weighted by Gasteiger charge is -2.19. The van der Waals surface area contributed by atoms with Gasteiger partial charge >= 0.3 is 5.97 Å². The van der Waals surface area contributed by atoms with Crippen LogP contribution in [-0.4, -0.2) is 12.6 Å². The Hall–Kier alpha value is -2.36. The third kappa shape index (κ3) is 4.05. The monoisotopic (exact) mass is 287 g/mol. The van der Waals surface area contributed by atoms with Gasteiger partial charge in [0.1, 0.15) is 5.82 Å². The van der Waals surface area contributed by atoms with Crippen molar-refractivity contribution in [3.63, 3.8) is 0 Å². The highest BCUT2D eigenvalue weighted by Gasteiger charge is 2.21. The molecule has 0 amide bonds. The zero-order valence-electron chi connectivity index (χ0n) is 12.1. The summed E-state index contributed by atoms with van der Waals surface area (Å²) in [5.74, 6) is -0.670. The molecule has 4 heteroatoms. The van der Waals surface area contributed by atoms with Crippen molar-refractivity contribution in [3.05, 3.63) is 65.5 Å². The Kier molecular flexibility index (Phi) is 4.93. The summed E-state index contributed by atoms with van der Waals surface area (Å²) in [5, 5.41) is 3.09. The first-order valence-electron chi connectivity index (χ1n) is 6.85. The number of halogens is 1. The second-order valence-electron chi connectivity index (χ2n) is 4.75. The molecule has 21 heavy (non-hydrogen) atoms. The average molecular weight is 287 g/mol.